The Morgan fingerprint density at radius 3 is 2.50 bits per heavy atom. The van der Waals surface area contributed by atoms with Gasteiger partial charge >= 0.3 is 6.18 Å². The third-order valence-electron chi connectivity index (χ3n) is 7.94. The second-order valence-electron chi connectivity index (χ2n) is 12.2. The second kappa shape index (κ2) is 11.1. The number of hydrogen-bond acceptors (Lipinski definition) is 4. The van der Waals surface area contributed by atoms with Crippen molar-refractivity contribution in [3.8, 4) is 0 Å². The number of fused-ring (bicyclic) bond motifs is 3. The SMILES string of the molecule is C[C@@H]1CCN(Cc2ccc(C(F)(F)F)cc2)C[C@@H]1n1ccc(=O)c2cnc3c(ccn3COCC[Si](C)(C)C)c21. The fourth-order valence-corrected chi connectivity index (χ4v) is 6.25. The van der Waals surface area contributed by atoms with Crippen LogP contribution in [0.25, 0.3) is 21.9 Å². The summed E-state index contributed by atoms with van der Waals surface area (Å²) in [6.07, 6.45) is 2.12. The predicted octanol–water partition coefficient (Wildman–Crippen LogP) is 6.77. The van der Waals surface area contributed by atoms with Crippen LogP contribution in [0.2, 0.25) is 25.7 Å². The van der Waals surface area contributed by atoms with Crippen molar-refractivity contribution in [3.05, 3.63) is 76.3 Å². The van der Waals surface area contributed by atoms with Crippen molar-refractivity contribution in [2.24, 2.45) is 5.92 Å². The first kappa shape index (κ1) is 28.6. The summed E-state index contributed by atoms with van der Waals surface area (Å²) in [6.45, 7) is 12.5. The Hall–Kier alpha value is -2.95. The Kier molecular flexibility index (Phi) is 7.96. The highest BCUT2D eigenvalue weighted by atomic mass is 28.3. The molecule has 0 bridgehead atoms. The predicted molar refractivity (Wildman–Crippen MR) is 155 cm³/mol. The van der Waals surface area contributed by atoms with E-state index in [2.05, 4.69) is 41.0 Å². The van der Waals surface area contributed by atoms with Crippen LogP contribution in [-0.4, -0.2) is 46.8 Å². The van der Waals surface area contributed by atoms with Gasteiger partial charge in [0.2, 0.25) is 0 Å². The first-order valence-electron chi connectivity index (χ1n) is 13.9. The number of halogens is 3. The number of nitrogens with zero attached hydrogens (tertiary/aromatic N) is 4. The molecule has 0 radical (unpaired) electrons. The van der Waals surface area contributed by atoms with E-state index in [9.17, 15) is 18.0 Å². The molecule has 0 saturated carbocycles. The summed E-state index contributed by atoms with van der Waals surface area (Å²) in [6, 6.07) is 10.2. The molecule has 0 unspecified atom stereocenters. The van der Waals surface area contributed by atoms with Crippen LogP contribution in [0.3, 0.4) is 0 Å². The van der Waals surface area contributed by atoms with Gasteiger partial charge in [-0.25, -0.2) is 4.98 Å². The molecule has 1 fully saturated rings. The van der Waals surface area contributed by atoms with Gasteiger partial charge in [0.25, 0.3) is 0 Å². The molecule has 0 amide bonds. The summed E-state index contributed by atoms with van der Waals surface area (Å²) >= 11 is 0. The molecule has 1 aromatic carbocycles. The molecule has 0 spiro atoms. The topological polar surface area (TPSA) is 52.3 Å². The van der Waals surface area contributed by atoms with Crippen molar-refractivity contribution in [2.75, 3.05) is 19.7 Å². The number of alkyl halides is 3. The van der Waals surface area contributed by atoms with E-state index in [4.69, 9.17) is 4.74 Å². The van der Waals surface area contributed by atoms with E-state index in [0.717, 1.165) is 59.8 Å². The number of pyridine rings is 2. The third-order valence-corrected chi connectivity index (χ3v) is 9.65. The van der Waals surface area contributed by atoms with Crippen LogP contribution in [0.15, 0.2) is 59.8 Å². The van der Waals surface area contributed by atoms with Gasteiger partial charge in [-0.15, -0.1) is 0 Å². The maximum Gasteiger partial charge on any atom is 0.416 e. The maximum absolute atomic E-state index is 13.0. The zero-order chi connectivity index (χ0) is 28.7. The van der Waals surface area contributed by atoms with E-state index < -0.39 is 19.8 Å². The molecule has 214 valence electrons. The number of aromatic nitrogens is 3. The van der Waals surface area contributed by atoms with Gasteiger partial charge in [0.1, 0.15) is 12.4 Å². The first-order valence-corrected chi connectivity index (χ1v) is 17.6. The van der Waals surface area contributed by atoms with Crippen LogP contribution in [0, 0.1) is 5.92 Å². The lowest BCUT2D eigenvalue weighted by atomic mass is 9.92. The van der Waals surface area contributed by atoms with E-state index >= 15 is 0 Å². The minimum absolute atomic E-state index is 0.0649. The highest BCUT2D eigenvalue weighted by Crippen LogP contribution is 2.34. The van der Waals surface area contributed by atoms with Gasteiger partial charge in [0.05, 0.1) is 16.5 Å². The standard InChI is InChI=1S/C30H37F3N4O2Si/c1-21-9-12-35(18-22-5-7-23(8-6-22)30(31,32)33)19-26(21)37-14-11-27(38)25-17-34-29-24(28(25)37)10-13-36(29)20-39-15-16-40(2,3)4/h5-8,10-11,13-14,17,21,26H,9,12,15-16,18-20H2,1-4H3/t21-,26+/m1/s1. The molecule has 0 N–H and O–H groups in total. The summed E-state index contributed by atoms with van der Waals surface area (Å²) in [5, 5.41) is 1.50. The van der Waals surface area contributed by atoms with Crippen LogP contribution in [-0.2, 0) is 24.2 Å². The Labute approximate surface area is 233 Å². The molecule has 4 aromatic rings. The van der Waals surface area contributed by atoms with E-state index in [0.29, 0.717) is 31.2 Å². The molecular formula is C30H37F3N4O2Si. The van der Waals surface area contributed by atoms with Crippen LogP contribution < -0.4 is 5.43 Å². The molecule has 3 aromatic heterocycles. The molecule has 2 atom stereocenters. The lowest BCUT2D eigenvalue weighted by Gasteiger charge is -2.39. The Morgan fingerprint density at radius 1 is 1.05 bits per heavy atom. The molecule has 1 saturated heterocycles. The average molecular weight is 571 g/mol. The minimum atomic E-state index is -4.34. The summed E-state index contributed by atoms with van der Waals surface area (Å²) < 4.78 is 49.2. The Bertz CT molecular complexity index is 1540. The Balaban J connectivity index is 1.42. The van der Waals surface area contributed by atoms with Crippen LogP contribution in [0.1, 0.15) is 30.5 Å². The van der Waals surface area contributed by atoms with E-state index in [1.165, 1.54) is 0 Å². The van der Waals surface area contributed by atoms with Crippen molar-refractivity contribution in [1.82, 2.24) is 19.0 Å². The van der Waals surface area contributed by atoms with E-state index in [-0.39, 0.29) is 11.5 Å². The van der Waals surface area contributed by atoms with Gasteiger partial charge in [0, 0.05) is 63.9 Å². The van der Waals surface area contributed by atoms with Gasteiger partial charge in [-0.1, -0.05) is 38.7 Å². The van der Waals surface area contributed by atoms with Crippen molar-refractivity contribution in [3.63, 3.8) is 0 Å². The molecule has 6 nitrogen and oxygen atoms in total. The summed E-state index contributed by atoms with van der Waals surface area (Å²) in [7, 11) is -1.19. The fourth-order valence-electron chi connectivity index (χ4n) is 5.49. The minimum Gasteiger partial charge on any atom is -0.361 e. The van der Waals surface area contributed by atoms with Crippen molar-refractivity contribution in [1.29, 1.82) is 0 Å². The third kappa shape index (κ3) is 6.18. The van der Waals surface area contributed by atoms with Crippen LogP contribution in [0.4, 0.5) is 13.2 Å². The van der Waals surface area contributed by atoms with Crippen molar-refractivity contribution < 1.29 is 17.9 Å². The summed E-state index contributed by atoms with van der Waals surface area (Å²) in [4.78, 5) is 19.8. The highest BCUT2D eigenvalue weighted by molar-refractivity contribution is 6.76. The molecule has 10 heteroatoms. The van der Waals surface area contributed by atoms with Crippen LogP contribution >= 0.6 is 0 Å². The lowest BCUT2D eigenvalue weighted by Crippen LogP contribution is -2.40. The smallest absolute Gasteiger partial charge is 0.361 e. The number of likely N-dealkylation sites (tertiary alicyclic amines) is 1. The quantitative estimate of drug-likeness (QED) is 0.173. The second-order valence-corrected chi connectivity index (χ2v) is 17.9. The first-order chi connectivity index (χ1) is 18.9. The zero-order valence-corrected chi connectivity index (χ0v) is 24.5. The lowest BCUT2D eigenvalue weighted by molar-refractivity contribution is -0.137. The molecule has 5 rings (SSSR count). The molecule has 1 aliphatic rings. The van der Waals surface area contributed by atoms with Crippen molar-refractivity contribution in [2.45, 2.75) is 64.5 Å². The molecule has 0 aliphatic carbocycles. The van der Waals surface area contributed by atoms with Crippen molar-refractivity contribution >= 4 is 30.0 Å². The number of benzene rings is 1. The zero-order valence-electron chi connectivity index (χ0n) is 23.5. The maximum atomic E-state index is 13.0. The number of rotatable bonds is 8. The Morgan fingerprint density at radius 2 is 1.80 bits per heavy atom. The fraction of sp³-hybridized carbons (Fsp3) is 0.467. The molecule has 1 aliphatic heterocycles. The summed E-state index contributed by atoms with van der Waals surface area (Å²) in [5.41, 5.74) is 1.80. The largest absolute Gasteiger partial charge is 0.416 e. The van der Waals surface area contributed by atoms with E-state index in [1.807, 2.05) is 23.0 Å². The van der Waals surface area contributed by atoms with Gasteiger partial charge in [-0.05, 0) is 48.7 Å². The number of ether oxygens (including phenoxy) is 1. The number of piperidine rings is 1. The van der Waals surface area contributed by atoms with Gasteiger partial charge in [-0.2, -0.15) is 13.2 Å². The highest BCUT2D eigenvalue weighted by Gasteiger charge is 2.31. The molecule has 40 heavy (non-hydrogen) atoms. The normalized spacial score (nSPS) is 19.1. The van der Waals surface area contributed by atoms with Crippen LogP contribution in [0.5, 0.6) is 0 Å². The van der Waals surface area contributed by atoms with Gasteiger partial charge in [0.15, 0.2) is 5.43 Å². The van der Waals surface area contributed by atoms with Gasteiger partial charge < -0.3 is 13.9 Å². The monoisotopic (exact) mass is 570 g/mol. The molecular weight excluding hydrogens is 533 g/mol. The average Bonchev–Trinajstić information content (AvgIpc) is 3.31. The summed E-state index contributed by atoms with van der Waals surface area (Å²) in [5.74, 6) is 0.352. The number of hydrogen-bond donors (Lipinski definition) is 0. The van der Waals surface area contributed by atoms with E-state index in [1.54, 1.807) is 24.4 Å². The molecule has 4 heterocycles. The van der Waals surface area contributed by atoms with Gasteiger partial charge in [-0.3, -0.25) is 9.69 Å².